The Bertz CT molecular complexity index is 1240. The van der Waals surface area contributed by atoms with Gasteiger partial charge in [-0.1, -0.05) is 52.3 Å². The average Bonchev–Trinajstić information content (AvgIpc) is 3.19. The number of nitrogen functional groups attached to an aromatic ring is 1. The first-order valence-electron chi connectivity index (χ1n) is 8.98. The van der Waals surface area contributed by atoms with Gasteiger partial charge in [-0.05, 0) is 41.6 Å². The molecule has 7 heteroatoms. The van der Waals surface area contributed by atoms with E-state index in [2.05, 4.69) is 21.1 Å². The number of benzene rings is 3. The number of nitrogens with zero attached hydrogens (tertiary/aromatic N) is 3. The lowest BCUT2D eigenvalue weighted by Crippen LogP contribution is -2.23. The Kier molecular flexibility index (Phi) is 4.17. The summed E-state index contributed by atoms with van der Waals surface area (Å²) in [6.45, 7) is 0. The number of hydrogen-bond acceptors (Lipinski definition) is 5. The lowest BCUT2D eigenvalue weighted by molar-refractivity contribution is 0.154. The minimum Gasteiger partial charge on any atom is -0.464 e. The topological polar surface area (TPSA) is 82.5 Å². The number of nitroso groups, excluding NO2 is 1. The van der Waals surface area contributed by atoms with Crippen LogP contribution in [0, 0.1) is 4.91 Å². The Morgan fingerprint density at radius 2 is 1.86 bits per heavy atom. The smallest absolute Gasteiger partial charge is 0.218 e. The van der Waals surface area contributed by atoms with Crippen LogP contribution in [0.3, 0.4) is 0 Å². The summed E-state index contributed by atoms with van der Waals surface area (Å²) in [7, 11) is 0. The summed E-state index contributed by atoms with van der Waals surface area (Å²) >= 11 is 3.52. The molecule has 6 nitrogen and oxygen atoms in total. The maximum Gasteiger partial charge on any atom is 0.218 e. The van der Waals surface area contributed by atoms with Crippen molar-refractivity contribution in [1.29, 1.82) is 0 Å². The molecule has 1 aliphatic heterocycles. The third-order valence-electron chi connectivity index (χ3n) is 4.93. The second-order valence-electron chi connectivity index (χ2n) is 6.75. The maximum atomic E-state index is 11.1. The molecule has 5 rings (SSSR count). The molecule has 0 saturated heterocycles. The maximum absolute atomic E-state index is 11.1. The molecule has 2 N–H and O–H groups in total. The highest BCUT2D eigenvalue weighted by Gasteiger charge is 2.29. The minimum absolute atomic E-state index is 0.202. The Hall–Kier alpha value is -3.45. The van der Waals surface area contributed by atoms with Crippen LogP contribution in [0.25, 0.3) is 22.5 Å². The predicted octanol–water partition coefficient (Wildman–Crippen LogP) is 5.90. The van der Waals surface area contributed by atoms with Crippen molar-refractivity contribution in [3.8, 4) is 28.3 Å². The zero-order chi connectivity index (χ0) is 20.0. The molecule has 0 aliphatic carbocycles. The van der Waals surface area contributed by atoms with E-state index < -0.39 is 6.23 Å². The molecule has 2 heterocycles. The Morgan fingerprint density at radius 3 is 2.66 bits per heavy atom. The normalized spacial score (nSPS) is 14.6. The highest BCUT2D eigenvalue weighted by Crippen LogP contribution is 2.43. The SMILES string of the molecule is Nc1ccc(-c2cc3n(n2)C(c2ccccc2)Oc2cc(Br)ccc2-3)cc1N=O. The number of ether oxygens (including phenoxy) is 1. The van der Waals surface area contributed by atoms with Crippen LogP contribution in [0.4, 0.5) is 11.4 Å². The van der Waals surface area contributed by atoms with Crippen molar-refractivity contribution in [3.63, 3.8) is 0 Å². The fourth-order valence-electron chi connectivity index (χ4n) is 3.50. The average molecular weight is 447 g/mol. The molecular weight excluding hydrogens is 432 g/mol. The molecule has 4 aromatic rings. The zero-order valence-electron chi connectivity index (χ0n) is 15.1. The summed E-state index contributed by atoms with van der Waals surface area (Å²) in [6.07, 6.45) is -0.404. The van der Waals surface area contributed by atoms with Crippen molar-refractivity contribution >= 4 is 27.3 Å². The summed E-state index contributed by atoms with van der Waals surface area (Å²) in [5, 5.41) is 7.81. The van der Waals surface area contributed by atoms with E-state index in [1.807, 2.05) is 65.3 Å². The highest BCUT2D eigenvalue weighted by molar-refractivity contribution is 9.10. The molecule has 1 aromatic heterocycles. The second kappa shape index (κ2) is 6.86. The Labute approximate surface area is 175 Å². The monoisotopic (exact) mass is 446 g/mol. The van der Waals surface area contributed by atoms with Crippen LogP contribution in [0.5, 0.6) is 5.75 Å². The van der Waals surface area contributed by atoms with Crippen LogP contribution >= 0.6 is 15.9 Å². The van der Waals surface area contributed by atoms with Gasteiger partial charge in [0, 0.05) is 21.2 Å². The molecule has 0 bridgehead atoms. The number of nitrogens with two attached hydrogens (primary N) is 1. The number of rotatable bonds is 3. The van der Waals surface area contributed by atoms with E-state index in [-0.39, 0.29) is 5.69 Å². The van der Waals surface area contributed by atoms with Crippen molar-refractivity contribution in [1.82, 2.24) is 9.78 Å². The van der Waals surface area contributed by atoms with Crippen molar-refractivity contribution in [2.75, 3.05) is 5.73 Å². The van der Waals surface area contributed by atoms with E-state index in [4.69, 9.17) is 15.6 Å². The summed E-state index contributed by atoms with van der Waals surface area (Å²) in [5.74, 6) is 0.778. The standard InChI is InChI=1S/C22H15BrN4O2/c23-15-7-8-16-20-12-18(14-6-9-17(24)19(10-14)26-28)25-27(20)22(29-21(16)11-15)13-4-2-1-3-5-13/h1-12,22H,24H2. The van der Waals surface area contributed by atoms with E-state index in [9.17, 15) is 4.91 Å². The van der Waals surface area contributed by atoms with E-state index in [1.165, 1.54) is 0 Å². The summed E-state index contributed by atoms with van der Waals surface area (Å²) in [5.41, 5.74) is 10.7. The predicted molar refractivity (Wildman–Crippen MR) is 116 cm³/mol. The molecule has 0 radical (unpaired) electrons. The van der Waals surface area contributed by atoms with Gasteiger partial charge in [0.2, 0.25) is 6.23 Å². The molecule has 1 aliphatic rings. The fourth-order valence-corrected chi connectivity index (χ4v) is 3.84. The number of fused-ring (bicyclic) bond motifs is 3. The van der Waals surface area contributed by atoms with Gasteiger partial charge in [-0.2, -0.15) is 5.10 Å². The van der Waals surface area contributed by atoms with Gasteiger partial charge < -0.3 is 10.5 Å². The van der Waals surface area contributed by atoms with E-state index in [0.29, 0.717) is 11.4 Å². The van der Waals surface area contributed by atoms with E-state index >= 15 is 0 Å². The van der Waals surface area contributed by atoms with Crippen molar-refractivity contribution in [2.45, 2.75) is 6.23 Å². The number of aromatic nitrogens is 2. The molecule has 3 aromatic carbocycles. The molecule has 1 atom stereocenters. The minimum atomic E-state index is -0.404. The van der Waals surface area contributed by atoms with Crippen LogP contribution in [0.1, 0.15) is 11.8 Å². The third kappa shape index (κ3) is 3.00. The second-order valence-corrected chi connectivity index (χ2v) is 7.66. The van der Waals surface area contributed by atoms with Crippen LogP contribution in [0.15, 0.2) is 82.4 Å². The fraction of sp³-hybridized carbons (Fsp3) is 0.0455. The quantitative estimate of drug-likeness (QED) is 0.313. The first kappa shape index (κ1) is 17.6. The Balaban J connectivity index is 1.70. The van der Waals surface area contributed by atoms with Crippen LogP contribution in [0.2, 0.25) is 0 Å². The molecule has 0 spiro atoms. The van der Waals surface area contributed by atoms with Crippen molar-refractivity contribution in [3.05, 3.63) is 87.7 Å². The molecule has 142 valence electrons. The third-order valence-corrected chi connectivity index (χ3v) is 5.42. The number of halogens is 1. The lowest BCUT2D eigenvalue weighted by atomic mass is 10.1. The van der Waals surface area contributed by atoms with E-state index in [1.54, 1.807) is 12.1 Å². The largest absolute Gasteiger partial charge is 0.464 e. The first-order chi connectivity index (χ1) is 14.1. The zero-order valence-corrected chi connectivity index (χ0v) is 16.7. The summed E-state index contributed by atoms with van der Waals surface area (Å²) in [4.78, 5) is 11.1. The summed E-state index contributed by atoms with van der Waals surface area (Å²) in [6, 6.07) is 23.0. The molecular formula is C22H15BrN4O2. The van der Waals surface area contributed by atoms with Gasteiger partial charge in [-0.3, -0.25) is 0 Å². The van der Waals surface area contributed by atoms with Gasteiger partial charge in [-0.15, -0.1) is 4.91 Å². The van der Waals surface area contributed by atoms with Gasteiger partial charge in [0.1, 0.15) is 11.4 Å². The van der Waals surface area contributed by atoms with Gasteiger partial charge in [0.25, 0.3) is 0 Å². The van der Waals surface area contributed by atoms with Crippen LogP contribution in [-0.4, -0.2) is 9.78 Å². The van der Waals surface area contributed by atoms with Gasteiger partial charge >= 0.3 is 0 Å². The van der Waals surface area contributed by atoms with Gasteiger partial charge in [0.05, 0.1) is 17.1 Å². The molecule has 1 unspecified atom stereocenters. The van der Waals surface area contributed by atoms with E-state index in [0.717, 1.165) is 32.6 Å². The van der Waals surface area contributed by atoms with Crippen LogP contribution < -0.4 is 10.5 Å². The molecule has 0 amide bonds. The Morgan fingerprint density at radius 1 is 1.03 bits per heavy atom. The molecule has 0 saturated carbocycles. The molecule has 29 heavy (non-hydrogen) atoms. The van der Waals surface area contributed by atoms with Crippen molar-refractivity contribution < 1.29 is 4.74 Å². The van der Waals surface area contributed by atoms with Crippen molar-refractivity contribution in [2.24, 2.45) is 5.18 Å². The lowest BCUT2D eigenvalue weighted by Gasteiger charge is -2.28. The van der Waals surface area contributed by atoms with Gasteiger partial charge in [-0.25, -0.2) is 4.68 Å². The number of anilines is 1. The number of hydrogen-bond donors (Lipinski definition) is 1. The first-order valence-corrected chi connectivity index (χ1v) is 9.77. The highest BCUT2D eigenvalue weighted by atomic mass is 79.9. The molecule has 0 fully saturated rings. The van der Waals surface area contributed by atoms with Gasteiger partial charge in [0.15, 0.2) is 0 Å². The van der Waals surface area contributed by atoms with Crippen LogP contribution in [-0.2, 0) is 0 Å². The summed E-state index contributed by atoms with van der Waals surface area (Å²) < 4.78 is 9.13.